The Kier molecular flexibility index (Phi) is 2.85. The van der Waals surface area contributed by atoms with Crippen LogP contribution in [-0.4, -0.2) is 17.5 Å². The molecule has 74 valence electrons. The molecule has 0 aliphatic heterocycles. The van der Waals surface area contributed by atoms with Gasteiger partial charge in [-0.2, -0.15) is 0 Å². The average Bonchev–Trinajstić information content (AvgIpc) is 2.30. The second-order valence-corrected chi connectivity index (χ2v) is 3.87. The molecule has 4 heteroatoms. The molecule has 0 unspecified atom stereocenters. The average molecular weight is 183 g/mol. The summed E-state index contributed by atoms with van der Waals surface area (Å²) in [6.45, 7) is 1.93. The van der Waals surface area contributed by atoms with E-state index in [0.29, 0.717) is 0 Å². The number of carbonyl (C=O) groups excluding carboxylic acids is 1. The molecule has 0 aromatic rings. The topological polar surface area (TPSA) is 95.1 Å². The largest absolute Gasteiger partial charge is 0.322 e. The van der Waals surface area contributed by atoms with Crippen molar-refractivity contribution in [3.05, 3.63) is 11.6 Å². The Labute approximate surface area is 78.1 Å². The standard InChI is InChI=1S/C9H17N3O/c1-9(12)4-2-3-6(9)5-7(13)8(10)11/h5,8H,2-4,10-12H2,1H3/b6-5-/t9-/m0/s1. The molecule has 1 aliphatic rings. The second kappa shape index (κ2) is 3.57. The van der Waals surface area contributed by atoms with Crippen LogP contribution in [0.4, 0.5) is 0 Å². The maximum absolute atomic E-state index is 11.2. The van der Waals surface area contributed by atoms with Gasteiger partial charge in [0.1, 0.15) is 6.17 Å². The zero-order valence-electron chi connectivity index (χ0n) is 7.92. The van der Waals surface area contributed by atoms with E-state index in [1.807, 2.05) is 6.92 Å². The normalized spacial score (nSPS) is 31.6. The molecular weight excluding hydrogens is 166 g/mol. The van der Waals surface area contributed by atoms with Crippen molar-refractivity contribution >= 4 is 5.78 Å². The van der Waals surface area contributed by atoms with Crippen LogP contribution in [0.2, 0.25) is 0 Å². The summed E-state index contributed by atoms with van der Waals surface area (Å²) in [6, 6.07) is 0. The van der Waals surface area contributed by atoms with Gasteiger partial charge >= 0.3 is 0 Å². The predicted octanol–water partition coefficient (Wildman–Crippen LogP) is -0.373. The van der Waals surface area contributed by atoms with Crippen molar-refractivity contribution in [2.45, 2.75) is 37.9 Å². The Morgan fingerprint density at radius 3 is 2.62 bits per heavy atom. The number of carbonyl (C=O) groups is 1. The molecule has 0 radical (unpaired) electrons. The van der Waals surface area contributed by atoms with Crippen LogP contribution in [0.15, 0.2) is 11.6 Å². The summed E-state index contributed by atoms with van der Waals surface area (Å²) >= 11 is 0. The summed E-state index contributed by atoms with van der Waals surface area (Å²) in [7, 11) is 0. The number of ketones is 1. The lowest BCUT2D eigenvalue weighted by Gasteiger charge is -2.19. The lowest BCUT2D eigenvalue weighted by molar-refractivity contribution is -0.115. The fourth-order valence-corrected chi connectivity index (χ4v) is 1.60. The van der Waals surface area contributed by atoms with Gasteiger partial charge in [0.2, 0.25) is 0 Å². The summed E-state index contributed by atoms with van der Waals surface area (Å²) in [5.74, 6) is -0.242. The van der Waals surface area contributed by atoms with Crippen molar-refractivity contribution in [2.75, 3.05) is 0 Å². The molecular formula is C9H17N3O. The van der Waals surface area contributed by atoms with Gasteiger partial charge in [-0.15, -0.1) is 0 Å². The van der Waals surface area contributed by atoms with E-state index in [4.69, 9.17) is 17.2 Å². The van der Waals surface area contributed by atoms with Crippen molar-refractivity contribution in [2.24, 2.45) is 17.2 Å². The molecule has 6 N–H and O–H groups in total. The summed E-state index contributed by atoms with van der Waals surface area (Å²) in [5.41, 5.74) is 17.1. The maximum atomic E-state index is 11.2. The molecule has 13 heavy (non-hydrogen) atoms. The minimum Gasteiger partial charge on any atom is -0.322 e. The van der Waals surface area contributed by atoms with Crippen molar-refractivity contribution in [1.29, 1.82) is 0 Å². The van der Waals surface area contributed by atoms with E-state index in [1.54, 1.807) is 0 Å². The highest BCUT2D eigenvalue weighted by molar-refractivity contribution is 5.94. The van der Waals surface area contributed by atoms with Gasteiger partial charge in [-0.3, -0.25) is 4.79 Å². The monoisotopic (exact) mass is 183 g/mol. The lowest BCUT2D eigenvalue weighted by Crippen LogP contribution is -2.40. The van der Waals surface area contributed by atoms with Gasteiger partial charge in [0.15, 0.2) is 5.78 Å². The third-order valence-corrected chi connectivity index (χ3v) is 2.52. The predicted molar refractivity (Wildman–Crippen MR) is 51.7 cm³/mol. The van der Waals surface area contributed by atoms with Crippen molar-refractivity contribution < 1.29 is 4.79 Å². The first-order valence-electron chi connectivity index (χ1n) is 4.48. The summed E-state index contributed by atoms with van der Waals surface area (Å²) < 4.78 is 0. The van der Waals surface area contributed by atoms with Crippen LogP contribution in [0.3, 0.4) is 0 Å². The molecule has 0 aromatic heterocycles. The van der Waals surface area contributed by atoms with Crippen molar-refractivity contribution in [3.8, 4) is 0 Å². The van der Waals surface area contributed by atoms with E-state index in [1.165, 1.54) is 6.08 Å². The Bertz CT molecular complexity index is 243. The molecule has 4 nitrogen and oxygen atoms in total. The smallest absolute Gasteiger partial charge is 0.186 e. The fourth-order valence-electron chi connectivity index (χ4n) is 1.60. The van der Waals surface area contributed by atoms with Crippen LogP contribution < -0.4 is 17.2 Å². The van der Waals surface area contributed by atoms with Crippen LogP contribution in [0.25, 0.3) is 0 Å². The summed E-state index contributed by atoms with van der Waals surface area (Å²) in [5, 5.41) is 0. The SMILES string of the molecule is C[C@]1(N)CCC/C1=C/C(=O)C(N)N. The van der Waals surface area contributed by atoms with E-state index in [9.17, 15) is 4.79 Å². The summed E-state index contributed by atoms with van der Waals surface area (Å²) in [6.07, 6.45) is 3.44. The highest BCUT2D eigenvalue weighted by atomic mass is 16.1. The van der Waals surface area contributed by atoms with E-state index < -0.39 is 6.17 Å². The molecule has 0 saturated heterocycles. The van der Waals surface area contributed by atoms with E-state index in [-0.39, 0.29) is 11.3 Å². The number of nitrogens with two attached hydrogens (primary N) is 3. The van der Waals surface area contributed by atoms with Crippen LogP contribution in [0.5, 0.6) is 0 Å². The Morgan fingerprint density at radius 2 is 2.23 bits per heavy atom. The molecule has 0 aromatic carbocycles. The van der Waals surface area contributed by atoms with Gasteiger partial charge in [-0.1, -0.05) is 0 Å². The minimum absolute atomic E-state index is 0.242. The highest BCUT2D eigenvalue weighted by Crippen LogP contribution is 2.32. The third kappa shape index (κ3) is 2.37. The zero-order valence-corrected chi connectivity index (χ0v) is 7.92. The zero-order chi connectivity index (χ0) is 10.1. The maximum Gasteiger partial charge on any atom is 0.186 e. The quantitative estimate of drug-likeness (QED) is 0.402. The van der Waals surface area contributed by atoms with Crippen LogP contribution in [0, 0.1) is 0 Å². The first-order valence-corrected chi connectivity index (χ1v) is 4.48. The fraction of sp³-hybridized carbons (Fsp3) is 0.667. The van der Waals surface area contributed by atoms with E-state index >= 15 is 0 Å². The minimum atomic E-state index is -0.913. The molecule has 1 saturated carbocycles. The highest BCUT2D eigenvalue weighted by Gasteiger charge is 2.29. The third-order valence-electron chi connectivity index (χ3n) is 2.52. The van der Waals surface area contributed by atoms with Crippen LogP contribution >= 0.6 is 0 Å². The molecule has 0 amide bonds. The number of rotatable bonds is 2. The molecule has 0 spiro atoms. The first-order chi connectivity index (χ1) is 5.93. The lowest BCUT2D eigenvalue weighted by atomic mass is 9.95. The Morgan fingerprint density at radius 1 is 1.62 bits per heavy atom. The van der Waals surface area contributed by atoms with Crippen molar-refractivity contribution in [3.63, 3.8) is 0 Å². The molecule has 0 heterocycles. The van der Waals surface area contributed by atoms with Gasteiger partial charge in [-0.25, -0.2) is 0 Å². The number of hydrogen-bond donors (Lipinski definition) is 3. The Hall–Kier alpha value is -0.710. The molecule has 1 aliphatic carbocycles. The van der Waals surface area contributed by atoms with Gasteiger partial charge in [0.25, 0.3) is 0 Å². The Balaban J connectivity index is 2.76. The first kappa shape index (κ1) is 10.4. The molecule has 1 fully saturated rings. The molecule has 1 atom stereocenters. The van der Waals surface area contributed by atoms with E-state index in [0.717, 1.165) is 24.8 Å². The molecule has 0 bridgehead atoms. The van der Waals surface area contributed by atoms with E-state index in [2.05, 4.69) is 0 Å². The molecule has 1 rings (SSSR count). The summed E-state index contributed by atoms with van der Waals surface area (Å²) in [4.78, 5) is 11.2. The second-order valence-electron chi connectivity index (χ2n) is 3.87. The van der Waals surface area contributed by atoms with Gasteiger partial charge in [0, 0.05) is 5.54 Å². The van der Waals surface area contributed by atoms with Gasteiger partial charge < -0.3 is 17.2 Å². The van der Waals surface area contributed by atoms with Crippen LogP contribution in [0.1, 0.15) is 26.2 Å². The number of hydrogen-bond acceptors (Lipinski definition) is 4. The van der Waals surface area contributed by atoms with Crippen LogP contribution in [-0.2, 0) is 4.79 Å². The van der Waals surface area contributed by atoms with Gasteiger partial charge in [0.05, 0.1) is 0 Å². The van der Waals surface area contributed by atoms with Crippen molar-refractivity contribution in [1.82, 2.24) is 0 Å². The van der Waals surface area contributed by atoms with Gasteiger partial charge in [-0.05, 0) is 37.8 Å².